The molecule has 1 aliphatic rings. The van der Waals surface area contributed by atoms with Gasteiger partial charge in [-0.1, -0.05) is 6.92 Å². The van der Waals surface area contributed by atoms with Gasteiger partial charge in [-0.25, -0.2) is 4.98 Å². The summed E-state index contributed by atoms with van der Waals surface area (Å²) >= 11 is 0. The van der Waals surface area contributed by atoms with Crippen LogP contribution in [0.1, 0.15) is 26.0 Å². The lowest BCUT2D eigenvalue weighted by Crippen LogP contribution is -2.42. The van der Waals surface area contributed by atoms with Crippen LogP contribution in [0.4, 0.5) is 5.95 Å². The Labute approximate surface area is 126 Å². The molecule has 0 aromatic carbocycles. The van der Waals surface area contributed by atoms with Crippen molar-refractivity contribution in [3.05, 3.63) is 11.8 Å². The molecule has 1 N–H and O–H groups in total. The van der Waals surface area contributed by atoms with Crippen LogP contribution in [0.2, 0.25) is 0 Å². The molecule has 0 aliphatic carbocycles. The standard InChI is InChI=1S/C15H26N4O2/c1-4-7-21-14-10-12(2)16-15(18-14)17-13(3)11-19-5-8-20-9-6-19/h10,13H,4-9,11H2,1-3H3,(H,16,17,18). The number of morpholine rings is 1. The molecule has 1 unspecified atom stereocenters. The Morgan fingerprint density at radius 1 is 1.38 bits per heavy atom. The van der Waals surface area contributed by atoms with Gasteiger partial charge in [-0.3, -0.25) is 4.90 Å². The van der Waals surface area contributed by atoms with Crippen LogP contribution in [0.3, 0.4) is 0 Å². The van der Waals surface area contributed by atoms with Gasteiger partial charge in [0.25, 0.3) is 0 Å². The average molecular weight is 294 g/mol. The third-order valence-corrected chi connectivity index (χ3v) is 3.30. The first-order chi connectivity index (χ1) is 10.2. The molecule has 0 amide bonds. The fourth-order valence-electron chi connectivity index (χ4n) is 2.32. The molecule has 1 aromatic heterocycles. The minimum absolute atomic E-state index is 0.281. The number of ether oxygens (including phenoxy) is 2. The maximum Gasteiger partial charge on any atom is 0.226 e. The highest BCUT2D eigenvalue weighted by Crippen LogP contribution is 2.13. The van der Waals surface area contributed by atoms with E-state index in [-0.39, 0.29) is 6.04 Å². The third-order valence-electron chi connectivity index (χ3n) is 3.30. The van der Waals surface area contributed by atoms with Crippen molar-refractivity contribution in [2.75, 3.05) is 44.8 Å². The number of aryl methyl sites for hydroxylation is 1. The molecule has 2 heterocycles. The summed E-state index contributed by atoms with van der Waals surface area (Å²) in [5, 5.41) is 3.36. The lowest BCUT2D eigenvalue weighted by Gasteiger charge is -2.29. The van der Waals surface area contributed by atoms with Crippen molar-refractivity contribution in [3.8, 4) is 5.88 Å². The summed E-state index contributed by atoms with van der Waals surface area (Å²) in [5.41, 5.74) is 0.914. The van der Waals surface area contributed by atoms with Crippen molar-refractivity contribution in [3.63, 3.8) is 0 Å². The van der Waals surface area contributed by atoms with Gasteiger partial charge in [0, 0.05) is 37.4 Å². The monoisotopic (exact) mass is 294 g/mol. The van der Waals surface area contributed by atoms with Gasteiger partial charge in [0.1, 0.15) is 0 Å². The molecular weight excluding hydrogens is 268 g/mol. The minimum Gasteiger partial charge on any atom is -0.478 e. The van der Waals surface area contributed by atoms with Gasteiger partial charge in [-0.2, -0.15) is 4.98 Å². The minimum atomic E-state index is 0.281. The molecule has 118 valence electrons. The maximum atomic E-state index is 5.59. The Bertz CT molecular complexity index is 436. The van der Waals surface area contributed by atoms with Crippen molar-refractivity contribution in [1.82, 2.24) is 14.9 Å². The van der Waals surface area contributed by atoms with E-state index in [1.807, 2.05) is 13.0 Å². The Kier molecular flexibility index (Phi) is 6.20. The molecule has 21 heavy (non-hydrogen) atoms. The number of nitrogens with one attached hydrogen (secondary N) is 1. The van der Waals surface area contributed by atoms with Gasteiger partial charge in [0.15, 0.2) is 0 Å². The molecule has 6 heteroatoms. The highest BCUT2D eigenvalue weighted by molar-refractivity contribution is 5.31. The second-order valence-electron chi connectivity index (χ2n) is 5.48. The summed E-state index contributed by atoms with van der Waals surface area (Å²) < 4.78 is 11.0. The lowest BCUT2D eigenvalue weighted by molar-refractivity contribution is 0.0368. The number of rotatable bonds is 7. The van der Waals surface area contributed by atoms with Crippen LogP contribution in [0.5, 0.6) is 5.88 Å². The number of hydrogen-bond acceptors (Lipinski definition) is 6. The van der Waals surface area contributed by atoms with E-state index in [4.69, 9.17) is 9.47 Å². The maximum absolute atomic E-state index is 5.59. The van der Waals surface area contributed by atoms with Crippen LogP contribution < -0.4 is 10.1 Å². The first kappa shape index (κ1) is 16.0. The van der Waals surface area contributed by atoms with Crippen LogP contribution in [0, 0.1) is 6.92 Å². The summed E-state index contributed by atoms with van der Waals surface area (Å²) in [4.78, 5) is 11.2. The SMILES string of the molecule is CCCOc1cc(C)nc(NC(C)CN2CCOCC2)n1. The predicted octanol–water partition coefficient (Wildman–Crippen LogP) is 1.71. The van der Waals surface area contributed by atoms with Crippen molar-refractivity contribution in [2.24, 2.45) is 0 Å². The average Bonchev–Trinajstić information content (AvgIpc) is 2.45. The normalized spacial score (nSPS) is 17.5. The van der Waals surface area contributed by atoms with Crippen LogP contribution >= 0.6 is 0 Å². The fraction of sp³-hybridized carbons (Fsp3) is 0.733. The van der Waals surface area contributed by atoms with Crippen molar-refractivity contribution in [2.45, 2.75) is 33.2 Å². The number of nitrogens with zero attached hydrogens (tertiary/aromatic N) is 3. The van der Waals surface area contributed by atoms with Crippen LogP contribution in [-0.2, 0) is 4.74 Å². The molecule has 1 atom stereocenters. The molecule has 1 aromatic rings. The summed E-state index contributed by atoms with van der Waals surface area (Å²) in [6.07, 6.45) is 0.971. The van der Waals surface area contributed by atoms with Gasteiger partial charge in [-0.05, 0) is 20.3 Å². The van der Waals surface area contributed by atoms with Crippen molar-refractivity contribution in [1.29, 1.82) is 0 Å². The molecule has 0 radical (unpaired) electrons. The molecule has 1 aliphatic heterocycles. The van der Waals surface area contributed by atoms with E-state index in [0.29, 0.717) is 18.4 Å². The molecular formula is C15H26N4O2. The zero-order chi connectivity index (χ0) is 15.1. The quantitative estimate of drug-likeness (QED) is 0.826. The van der Waals surface area contributed by atoms with Crippen molar-refractivity contribution < 1.29 is 9.47 Å². The van der Waals surface area contributed by atoms with E-state index in [0.717, 1.165) is 45.0 Å². The molecule has 1 saturated heterocycles. The number of hydrogen-bond donors (Lipinski definition) is 1. The predicted molar refractivity (Wildman–Crippen MR) is 82.9 cm³/mol. The van der Waals surface area contributed by atoms with E-state index < -0.39 is 0 Å². The molecule has 0 spiro atoms. The van der Waals surface area contributed by atoms with E-state index in [2.05, 4.69) is 34.0 Å². The number of aromatic nitrogens is 2. The lowest BCUT2D eigenvalue weighted by atomic mass is 10.3. The van der Waals surface area contributed by atoms with E-state index in [9.17, 15) is 0 Å². The zero-order valence-corrected chi connectivity index (χ0v) is 13.3. The van der Waals surface area contributed by atoms with Crippen LogP contribution in [-0.4, -0.2) is 60.4 Å². The Hall–Kier alpha value is -1.40. The number of anilines is 1. The fourth-order valence-corrected chi connectivity index (χ4v) is 2.32. The van der Waals surface area contributed by atoms with E-state index in [1.165, 1.54) is 0 Å². The summed E-state index contributed by atoms with van der Waals surface area (Å²) in [6.45, 7) is 11.5. The van der Waals surface area contributed by atoms with Gasteiger partial charge >= 0.3 is 0 Å². The summed E-state index contributed by atoms with van der Waals surface area (Å²) in [7, 11) is 0. The van der Waals surface area contributed by atoms with Gasteiger partial charge in [-0.15, -0.1) is 0 Å². The highest BCUT2D eigenvalue weighted by atomic mass is 16.5. The molecule has 2 rings (SSSR count). The first-order valence-corrected chi connectivity index (χ1v) is 7.72. The molecule has 0 saturated carbocycles. The molecule has 0 bridgehead atoms. The summed E-state index contributed by atoms with van der Waals surface area (Å²) in [5.74, 6) is 1.28. The van der Waals surface area contributed by atoms with Crippen molar-refractivity contribution >= 4 is 5.95 Å². The Balaban J connectivity index is 1.89. The van der Waals surface area contributed by atoms with E-state index in [1.54, 1.807) is 0 Å². The Morgan fingerprint density at radius 2 is 2.14 bits per heavy atom. The van der Waals surface area contributed by atoms with Crippen LogP contribution in [0.15, 0.2) is 6.07 Å². The smallest absolute Gasteiger partial charge is 0.226 e. The van der Waals surface area contributed by atoms with E-state index >= 15 is 0 Å². The highest BCUT2D eigenvalue weighted by Gasteiger charge is 2.14. The largest absolute Gasteiger partial charge is 0.478 e. The van der Waals surface area contributed by atoms with Gasteiger partial charge in [0.05, 0.1) is 19.8 Å². The zero-order valence-electron chi connectivity index (χ0n) is 13.3. The first-order valence-electron chi connectivity index (χ1n) is 7.72. The molecule has 1 fully saturated rings. The van der Waals surface area contributed by atoms with Gasteiger partial charge in [0.2, 0.25) is 11.8 Å². The van der Waals surface area contributed by atoms with Gasteiger partial charge < -0.3 is 14.8 Å². The van der Waals surface area contributed by atoms with Crippen LogP contribution in [0.25, 0.3) is 0 Å². The second kappa shape index (κ2) is 8.14. The second-order valence-corrected chi connectivity index (χ2v) is 5.48. The Morgan fingerprint density at radius 3 is 2.86 bits per heavy atom. The molecule has 6 nitrogen and oxygen atoms in total. The summed E-state index contributed by atoms with van der Waals surface area (Å²) in [6, 6.07) is 2.15. The third kappa shape index (κ3) is 5.47. The topological polar surface area (TPSA) is 59.5 Å².